The van der Waals surface area contributed by atoms with Crippen molar-refractivity contribution in [2.24, 2.45) is 5.41 Å². The van der Waals surface area contributed by atoms with Crippen molar-refractivity contribution < 1.29 is 13.5 Å². The minimum atomic E-state index is -0.518. The number of ether oxygens (including phenoxy) is 1. The number of hydrogen-bond acceptors (Lipinski definition) is 2. The monoisotopic (exact) mass is 255 g/mol. The molecule has 1 aromatic rings. The molecule has 0 saturated heterocycles. The van der Waals surface area contributed by atoms with Crippen LogP contribution in [0.4, 0.5) is 8.78 Å². The smallest absolute Gasteiger partial charge is 0.165 e. The molecule has 2 rings (SSSR count). The van der Waals surface area contributed by atoms with Crippen molar-refractivity contribution in [2.45, 2.75) is 38.8 Å². The first-order valence-electron chi connectivity index (χ1n) is 6.23. The Morgan fingerprint density at radius 1 is 1.33 bits per heavy atom. The molecule has 1 aromatic carbocycles. The zero-order valence-electron chi connectivity index (χ0n) is 11.0. The summed E-state index contributed by atoms with van der Waals surface area (Å²) in [5.41, 5.74) is 0.100. The van der Waals surface area contributed by atoms with Gasteiger partial charge in [0, 0.05) is 12.1 Å². The molecule has 2 unspecified atom stereocenters. The zero-order chi connectivity index (χ0) is 13.3. The number of nitrogens with one attached hydrogen (secondary N) is 1. The fourth-order valence-corrected chi connectivity index (χ4v) is 2.77. The summed E-state index contributed by atoms with van der Waals surface area (Å²) in [7, 11) is 1.87. The second-order valence-electron chi connectivity index (χ2n) is 5.52. The quantitative estimate of drug-likeness (QED) is 0.896. The maximum atomic E-state index is 13.5. The summed E-state index contributed by atoms with van der Waals surface area (Å²) in [6.07, 6.45) is 1.72. The van der Waals surface area contributed by atoms with Crippen LogP contribution >= 0.6 is 0 Å². The number of hydrogen-bond donors (Lipinski definition) is 1. The lowest BCUT2D eigenvalue weighted by Crippen LogP contribution is -2.44. The molecule has 0 heterocycles. The molecule has 2 nitrogen and oxygen atoms in total. The van der Waals surface area contributed by atoms with E-state index in [4.69, 9.17) is 4.74 Å². The topological polar surface area (TPSA) is 21.3 Å². The molecule has 1 fully saturated rings. The van der Waals surface area contributed by atoms with Crippen LogP contribution in [0.2, 0.25) is 0 Å². The van der Waals surface area contributed by atoms with Gasteiger partial charge in [-0.3, -0.25) is 0 Å². The number of likely N-dealkylation sites (N-methyl/N-ethyl adjacent to an activating group) is 1. The van der Waals surface area contributed by atoms with E-state index in [1.165, 1.54) is 0 Å². The van der Waals surface area contributed by atoms with Gasteiger partial charge in [-0.1, -0.05) is 13.8 Å². The maximum absolute atomic E-state index is 13.5. The van der Waals surface area contributed by atoms with Gasteiger partial charge in [0.1, 0.15) is 11.9 Å². The van der Waals surface area contributed by atoms with Crippen LogP contribution in [-0.2, 0) is 0 Å². The Morgan fingerprint density at radius 2 is 2.06 bits per heavy atom. The lowest BCUT2D eigenvalue weighted by atomic mass is 9.87. The third-order valence-corrected chi connectivity index (χ3v) is 3.77. The predicted octanol–water partition coefficient (Wildman–Crippen LogP) is 3.12. The van der Waals surface area contributed by atoms with Gasteiger partial charge in [-0.05, 0) is 37.4 Å². The van der Waals surface area contributed by atoms with Crippen molar-refractivity contribution in [2.75, 3.05) is 7.05 Å². The Balaban J connectivity index is 2.17. The maximum Gasteiger partial charge on any atom is 0.165 e. The van der Waals surface area contributed by atoms with E-state index in [1.807, 2.05) is 7.05 Å². The molecule has 4 heteroatoms. The summed E-state index contributed by atoms with van der Waals surface area (Å²) in [5, 5.41) is 3.22. The van der Waals surface area contributed by atoms with Gasteiger partial charge in [0.15, 0.2) is 11.6 Å². The van der Waals surface area contributed by atoms with Gasteiger partial charge in [-0.25, -0.2) is 8.78 Å². The minimum Gasteiger partial charge on any atom is -0.486 e. The SMILES string of the molecule is CNC1C(Oc2cc(F)ccc2F)CCC1(C)C. The highest BCUT2D eigenvalue weighted by Crippen LogP contribution is 2.39. The van der Waals surface area contributed by atoms with E-state index < -0.39 is 11.6 Å². The number of benzene rings is 1. The largest absolute Gasteiger partial charge is 0.486 e. The first-order valence-corrected chi connectivity index (χ1v) is 6.23. The van der Waals surface area contributed by atoms with E-state index in [2.05, 4.69) is 19.2 Å². The Labute approximate surface area is 106 Å². The predicted molar refractivity (Wildman–Crippen MR) is 66.6 cm³/mol. The van der Waals surface area contributed by atoms with Crippen molar-refractivity contribution in [3.63, 3.8) is 0 Å². The Kier molecular flexibility index (Phi) is 3.57. The Hall–Kier alpha value is -1.16. The van der Waals surface area contributed by atoms with Crippen LogP contribution in [0.1, 0.15) is 26.7 Å². The van der Waals surface area contributed by atoms with E-state index in [9.17, 15) is 8.78 Å². The minimum absolute atomic E-state index is 0.00190. The van der Waals surface area contributed by atoms with E-state index in [0.29, 0.717) is 0 Å². The van der Waals surface area contributed by atoms with Gasteiger partial charge < -0.3 is 10.1 Å². The van der Waals surface area contributed by atoms with E-state index in [1.54, 1.807) is 0 Å². The lowest BCUT2D eigenvalue weighted by molar-refractivity contribution is 0.140. The van der Waals surface area contributed by atoms with Crippen LogP contribution in [-0.4, -0.2) is 19.2 Å². The summed E-state index contributed by atoms with van der Waals surface area (Å²) in [6, 6.07) is 3.43. The van der Waals surface area contributed by atoms with Gasteiger partial charge in [-0.2, -0.15) is 0 Å². The molecule has 0 spiro atoms. The van der Waals surface area contributed by atoms with Gasteiger partial charge in [0.25, 0.3) is 0 Å². The van der Waals surface area contributed by atoms with Crippen molar-refractivity contribution in [1.29, 1.82) is 0 Å². The Bertz CT molecular complexity index is 434. The first-order chi connectivity index (χ1) is 8.44. The van der Waals surface area contributed by atoms with Crippen molar-refractivity contribution in [3.8, 4) is 5.75 Å². The van der Waals surface area contributed by atoms with Gasteiger partial charge >= 0.3 is 0 Å². The zero-order valence-corrected chi connectivity index (χ0v) is 11.0. The van der Waals surface area contributed by atoms with Crippen LogP contribution < -0.4 is 10.1 Å². The summed E-state index contributed by atoms with van der Waals surface area (Å²) < 4.78 is 32.3. The van der Waals surface area contributed by atoms with Crippen LogP contribution in [0, 0.1) is 17.0 Å². The molecule has 1 saturated carbocycles. The van der Waals surface area contributed by atoms with E-state index in [-0.39, 0.29) is 23.3 Å². The fourth-order valence-electron chi connectivity index (χ4n) is 2.77. The van der Waals surface area contributed by atoms with Gasteiger partial charge in [-0.15, -0.1) is 0 Å². The van der Waals surface area contributed by atoms with Crippen LogP contribution in [0.5, 0.6) is 5.75 Å². The summed E-state index contributed by atoms with van der Waals surface area (Å²) in [4.78, 5) is 0. The molecule has 100 valence electrons. The highest BCUT2D eigenvalue weighted by Gasteiger charge is 2.42. The molecule has 1 aliphatic rings. The third-order valence-electron chi connectivity index (χ3n) is 3.77. The van der Waals surface area contributed by atoms with Crippen molar-refractivity contribution >= 4 is 0 Å². The third kappa shape index (κ3) is 2.48. The molecule has 18 heavy (non-hydrogen) atoms. The second-order valence-corrected chi connectivity index (χ2v) is 5.52. The summed E-state index contributed by atoms with van der Waals surface area (Å²) >= 11 is 0. The van der Waals surface area contributed by atoms with Crippen molar-refractivity contribution in [1.82, 2.24) is 5.32 Å². The lowest BCUT2D eigenvalue weighted by Gasteiger charge is -2.30. The summed E-state index contributed by atoms with van der Waals surface area (Å²) in [5.74, 6) is -1.00. The molecule has 0 amide bonds. The Morgan fingerprint density at radius 3 is 2.72 bits per heavy atom. The molecular weight excluding hydrogens is 236 g/mol. The van der Waals surface area contributed by atoms with Crippen molar-refractivity contribution in [3.05, 3.63) is 29.8 Å². The number of rotatable bonds is 3. The van der Waals surface area contributed by atoms with Crippen LogP contribution in [0.15, 0.2) is 18.2 Å². The average molecular weight is 255 g/mol. The van der Waals surface area contributed by atoms with Gasteiger partial charge in [0.2, 0.25) is 0 Å². The molecule has 1 N–H and O–H groups in total. The van der Waals surface area contributed by atoms with Gasteiger partial charge in [0.05, 0.1) is 0 Å². The summed E-state index contributed by atoms with van der Waals surface area (Å²) in [6.45, 7) is 4.30. The standard InChI is InChI=1S/C14H19F2NO/c1-14(2)7-6-11(13(14)17-3)18-12-8-9(15)4-5-10(12)16/h4-5,8,11,13,17H,6-7H2,1-3H3. The molecule has 0 aliphatic heterocycles. The fraction of sp³-hybridized carbons (Fsp3) is 0.571. The molecule has 2 atom stereocenters. The average Bonchev–Trinajstić information content (AvgIpc) is 2.58. The molecule has 0 radical (unpaired) electrons. The number of halogens is 2. The highest BCUT2D eigenvalue weighted by molar-refractivity contribution is 5.25. The first kappa shape index (κ1) is 13.3. The molecule has 0 aromatic heterocycles. The van der Waals surface area contributed by atoms with Crippen LogP contribution in [0.25, 0.3) is 0 Å². The van der Waals surface area contributed by atoms with E-state index >= 15 is 0 Å². The second kappa shape index (κ2) is 4.84. The highest BCUT2D eigenvalue weighted by atomic mass is 19.1. The molecule has 0 bridgehead atoms. The molecule has 1 aliphatic carbocycles. The van der Waals surface area contributed by atoms with Crippen LogP contribution in [0.3, 0.4) is 0 Å². The van der Waals surface area contributed by atoms with E-state index in [0.717, 1.165) is 31.0 Å². The normalized spacial score (nSPS) is 26.3. The molecular formula is C14H19F2NO.